The number of ketones is 1. The molecule has 0 aromatic heterocycles. The molecule has 0 unspecified atom stereocenters. The topological polar surface area (TPSA) is 40.9 Å². The average molecular weight is 161 g/mol. The Kier molecular flexibility index (Phi) is 2.75. The monoisotopic (exact) mass is 161 g/mol. The summed E-state index contributed by atoms with van der Waals surface area (Å²) in [6, 6.07) is 9.07. The van der Waals surface area contributed by atoms with Gasteiger partial charge in [-0.25, -0.2) is 0 Å². The molecule has 0 fully saturated rings. The molecule has 0 saturated heterocycles. The van der Waals surface area contributed by atoms with Crippen LogP contribution in [0.15, 0.2) is 30.3 Å². The van der Waals surface area contributed by atoms with Crippen molar-refractivity contribution >= 4 is 11.5 Å². The first-order valence-corrected chi connectivity index (χ1v) is 3.93. The van der Waals surface area contributed by atoms with E-state index in [9.17, 15) is 4.79 Å². The van der Waals surface area contributed by atoms with Gasteiger partial charge in [0.2, 0.25) is 0 Å². The lowest BCUT2D eigenvalue weighted by molar-refractivity contribution is -0.112. The lowest BCUT2D eigenvalue weighted by Crippen LogP contribution is -2.12. The number of nitrogens with one attached hydrogen (secondary N) is 1. The van der Waals surface area contributed by atoms with Gasteiger partial charge in [0.15, 0.2) is 5.78 Å². The van der Waals surface area contributed by atoms with E-state index in [1.54, 1.807) is 19.1 Å². The van der Waals surface area contributed by atoms with E-state index in [0.29, 0.717) is 12.0 Å². The van der Waals surface area contributed by atoms with Crippen LogP contribution in [0.2, 0.25) is 0 Å². The van der Waals surface area contributed by atoms with E-state index in [0.717, 1.165) is 0 Å². The van der Waals surface area contributed by atoms with Crippen molar-refractivity contribution in [3.05, 3.63) is 35.9 Å². The molecule has 0 aliphatic heterocycles. The van der Waals surface area contributed by atoms with Crippen LogP contribution in [0.4, 0.5) is 0 Å². The van der Waals surface area contributed by atoms with E-state index in [1.165, 1.54) is 0 Å². The van der Waals surface area contributed by atoms with E-state index in [2.05, 4.69) is 0 Å². The molecule has 12 heavy (non-hydrogen) atoms. The molecule has 1 aromatic carbocycles. The fraction of sp³-hybridized carbons (Fsp3) is 0.200. The zero-order valence-electron chi connectivity index (χ0n) is 7.00. The number of Topliss-reactive ketones (excluding diaryl/α,β-unsaturated/α-hetero) is 1. The molecule has 1 rings (SSSR count). The summed E-state index contributed by atoms with van der Waals surface area (Å²) in [6.45, 7) is 1.76. The van der Waals surface area contributed by atoms with Crippen molar-refractivity contribution in [2.24, 2.45) is 0 Å². The first kappa shape index (κ1) is 8.65. The summed E-state index contributed by atoms with van der Waals surface area (Å²) in [5.41, 5.74) is 0.808. The highest BCUT2D eigenvalue weighted by Crippen LogP contribution is 2.01. The number of benzene rings is 1. The van der Waals surface area contributed by atoms with Crippen LogP contribution >= 0.6 is 0 Å². The first-order chi connectivity index (χ1) is 5.75. The summed E-state index contributed by atoms with van der Waals surface area (Å²) in [6.07, 6.45) is 0.397. The first-order valence-electron chi connectivity index (χ1n) is 3.93. The Morgan fingerprint density at radius 1 is 1.33 bits per heavy atom. The Hall–Kier alpha value is -1.44. The molecule has 1 aromatic rings. The Morgan fingerprint density at radius 2 is 1.92 bits per heavy atom. The van der Waals surface area contributed by atoms with Gasteiger partial charge in [0, 0.05) is 12.0 Å². The Labute approximate surface area is 71.7 Å². The molecule has 1 N–H and O–H groups in total. The fourth-order valence-electron chi connectivity index (χ4n) is 0.943. The zero-order valence-corrected chi connectivity index (χ0v) is 7.00. The maximum atomic E-state index is 11.1. The van der Waals surface area contributed by atoms with Gasteiger partial charge in [-0.2, -0.15) is 0 Å². The Balaban J connectivity index is 2.86. The second-order valence-electron chi connectivity index (χ2n) is 2.52. The molecular weight excluding hydrogens is 150 g/mol. The fourth-order valence-corrected chi connectivity index (χ4v) is 0.943. The molecular formula is C10H11NO. The number of hydrogen-bond acceptors (Lipinski definition) is 2. The van der Waals surface area contributed by atoms with Gasteiger partial charge in [0.25, 0.3) is 0 Å². The van der Waals surface area contributed by atoms with Crippen molar-refractivity contribution in [1.29, 1.82) is 5.41 Å². The molecule has 2 nitrogen and oxygen atoms in total. The van der Waals surface area contributed by atoms with Crippen molar-refractivity contribution in [3.8, 4) is 0 Å². The molecule has 0 saturated carbocycles. The van der Waals surface area contributed by atoms with Crippen LogP contribution in [0.3, 0.4) is 0 Å². The third-order valence-electron chi connectivity index (χ3n) is 1.66. The quantitative estimate of drug-likeness (QED) is 0.677. The summed E-state index contributed by atoms with van der Waals surface area (Å²) in [7, 11) is 0. The second kappa shape index (κ2) is 3.81. The van der Waals surface area contributed by atoms with Gasteiger partial charge >= 0.3 is 0 Å². The molecule has 0 aliphatic rings. The predicted octanol–water partition coefficient (Wildman–Crippen LogP) is 2.03. The number of rotatable bonds is 3. The van der Waals surface area contributed by atoms with E-state index in [1.807, 2.05) is 18.2 Å². The van der Waals surface area contributed by atoms with Crippen molar-refractivity contribution in [1.82, 2.24) is 0 Å². The van der Waals surface area contributed by atoms with Gasteiger partial charge in [0.05, 0.1) is 0 Å². The molecule has 0 bridgehead atoms. The molecule has 0 heterocycles. The summed E-state index contributed by atoms with van der Waals surface area (Å²) >= 11 is 0. The standard InChI is InChI=1S/C10H11NO/c1-2-9(12)10(11)8-6-4-3-5-7-8/h3-7,11H,2H2,1H3. The zero-order chi connectivity index (χ0) is 8.97. The van der Waals surface area contributed by atoms with Gasteiger partial charge in [-0.15, -0.1) is 0 Å². The summed E-state index contributed by atoms with van der Waals surface area (Å²) in [4.78, 5) is 11.1. The van der Waals surface area contributed by atoms with Gasteiger partial charge in [-0.1, -0.05) is 37.3 Å². The maximum absolute atomic E-state index is 11.1. The lowest BCUT2D eigenvalue weighted by atomic mass is 10.1. The Bertz CT molecular complexity index is 290. The molecule has 62 valence electrons. The lowest BCUT2D eigenvalue weighted by Gasteiger charge is -1.99. The molecule has 0 spiro atoms. The minimum Gasteiger partial charge on any atom is -0.297 e. The Morgan fingerprint density at radius 3 is 2.42 bits per heavy atom. The van der Waals surface area contributed by atoms with Gasteiger partial charge in [0.1, 0.15) is 5.71 Å². The normalized spacial score (nSPS) is 9.42. The molecule has 0 radical (unpaired) electrons. The van der Waals surface area contributed by atoms with E-state index in [-0.39, 0.29) is 11.5 Å². The van der Waals surface area contributed by atoms with Crippen molar-refractivity contribution in [2.75, 3.05) is 0 Å². The van der Waals surface area contributed by atoms with Gasteiger partial charge < -0.3 is 0 Å². The highest BCUT2D eigenvalue weighted by molar-refractivity contribution is 6.44. The number of carbonyl (C=O) groups excluding carboxylic acids is 1. The molecule has 0 amide bonds. The SMILES string of the molecule is CCC(=O)C(=N)c1ccccc1. The molecule has 0 aliphatic carbocycles. The number of carbonyl (C=O) groups is 1. The average Bonchev–Trinajstić information content (AvgIpc) is 2.17. The van der Waals surface area contributed by atoms with Crippen LogP contribution in [-0.2, 0) is 4.79 Å². The summed E-state index contributed by atoms with van der Waals surface area (Å²) in [5.74, 6) is -0.110. The largest absolute Gasteiger partial charge is 0.297 e. The minimum atomic E-state index is -0.110. The smallest absolute Gasteiger partial charge is 0.180 e. The van der Waals surface area contributed by atoms with E-state index in [4.69, 9.17) is 5.41 Å². The van der Waals surface area contributed by atoms with Crippen LogP contribution in [-0.4, -0.2) is 11.5 Å². The highest BCUT2D eigenvalue weighted by atomic mass is 16.1. The maximum Gasteiger partial charge on any atom is 0.180 e. The summed E-state index contributed by atoms with van der Waals surface area (Å²) in [5, 5.41) is 7.49. The second-order valence-corrected chi connectivity index (χ2v) is 2.52. The van der Waals surface area contributed by atoms with Crippen LogP contribution in [0.1, 0.15) is 18.9 Å². The van der Waals surface area contributed by atoms with Crippen LogP contribution in [0, 0.1) is 5.41 Å². The van der Waals surface area contributed by atoms with E-state index < -0.39 is 0 Å². The minimum absolute atomic E-state index is 0.109. The van der Waals surface area contributed by atoms with E-state index >= 15 is 0 Å². The summed E-state index contributed by atoms with van der Waals surface area (Å²) < 4.78 is 0. The van der Waals surface area contributed by atoms with Crippen molar-refractivity contribution < 1.29 is 4.79 Å². The molecule has 2 heteroatoms. The highest BCUT2D eigenvalue weighted by Gasteiger charge is 2.07. The third-order valence-corrected chi connectivity index (χ3v) is 1.66. The van der Waals surface area contributed by atoms with Crippen LogP contribution in [0.25, 0.3) is 0 Å². The van der Waals surface area contributed by atoms with Crippen molar-refractivity contribution in [2.45, 2.75) is 13.3 Å². The number of hydrogen-bond donors (Lipinski definition) is 1. The van der Waals surface area contributed by atoms with Crippen molar-refractivity contribution in [3.63, 3.8) is 0 Å². The van der Waals surface area contributed by atoms with Gasteiger partial charge in [-0.05, 0) is 0 Å². The van der Waals surface area contributed by atoms with Gasteiger partial charge in [-0.3, -0.25) is 10.2 Å². The molecule has 0 atom stereocenters. The van der Waals surface area contributed by atoms with Crippen LogP contribution < -0.4 is 0 Å². The predicted molar refractivity (Wildman–Crippen MR) is 48.6 cm³/mol. The third kappa shape index (κ3) is 1.78. The van der Waals surface area contributed by atoms with Crippen LogP contribution in [0.5, 0.6) is 0 Å².